The molecule has 0 aliphatic heterocycles. The molecule has 0 radical (unpaired) electrons. The first-order valence-corrected chi connectivity index (χ1v) is 12.3. The first-order chi connectivity index (χ1) is 15.6. The Morgan fingerprint density at radius 1 is 0.667 bits per heavy atom. The molecule has 6 N–H and O–H groups in total. The molecule has 0 spiro atoms. The SMILES string of the molecule is Nc1ccc(NC2=C(Cl)C(=O)C(Nc3ccc(N)c(S(=O)(=O)[O-])c3)=C(Cl)C2=O)cc1S(=O)(=O)[O-].[Na+].[Na+]. The van der Waals surface area contributed by atoms with Crippen molar-refractivity contribution >= 4 is 77.8 Å². The van der Waals surface area contributed by atoms with E-state index in [0.29, 0.717) is 0 Å². The Kier molecular flexibility index (Phi) is 11.1. The van der Waals surface area contributed by atoms with Crippen molar-refractivity contribution in [2.75, 3.05) is 22.1 Å². The van der Waals surface area contributed by atoms with E-state index in [4.69, 9.17) is 34.7 Å². The van der Waals surface area contributed by atoms with Gasteiger partial charge in [-0.3, -0.25) is 9.59 Å². The number of nitrogen functional groups attached to an aromatic ring is 2. The number of hydrogen-bond donors (Lipinski definition) is 4. The number of hydrogen-bond acceptors (Lipinski definition) is 12. The molecule has 0 saturated heterocycles. The van der Waals surface area contributed by atoms with Gasteiger partial charge in [0.15, 0.2) is 0 Å². The van der Waals surface area contributed by atoms with Gasteiger partial charge in [0.25, 0.3) is 0 Å². The Morgan fingerprint density at radius 3 is 1.25 bits per heavy atom. The Bertz CT molecular complexity index is 1430. The molecule has 0 fully saturated rings. The fourth-order valence-electron chi connectivity index (χ4n) is 2.82. The summed E-state index contributed by atoms with van der Waals surface area (Å²) in [7, 11) is -9.88. The average molecular weight is 593 g/mol. The molecule has 2 aromatic rings. The molecule has 18 heteroatoms. The molecule has 0 bridgehead atoms. The smallest absolute Gasteiger partial charge is 0.744 e. The quantitative estimate of drug-likeness (QED) is 0.107. The van der Waals surface area contributed by atoms with Gasteiger partial charge in [0, 0.05) is 22.7 Å². The van der Waals surface area contributed by atoms with Crippen molar-refractivity contribution in [2.45, 2.75) is 9.79 Å². The molecule has 0 aromatic heterocycles. The van der Waals surface area contributed by atoms with Crippen LogP contribution >= 0.6 is 23.2 Å². The second-order valence-electron chi connectivity index (χ2n) is 6.70. The number of halogens is 2. The summed E-state index contributed by atoms with van der Waals surface area (Å²) in [6.45, 7) is 0. The van der Waals surface area contributed by atoms with Crippen LogP contribution in [0.3, 0.4) is 0 Å². The molecule has 0 amide bonds. The third kappa shape index (κ3) is 7.03. The van der Waals surface area contributed by atoms with E-state index < -0.39 is 63.1 Å². The minimum absolute atomic E-state index is 0. The molecular formula is C18H12Cl2N4Na2O8S2. The predicted octanol–water partition coefficient (Wildman–Crippen LogP) is -4.76. The molecule has 12 nitrogen and oxygen atoms in total. The van der Waals surface area contributed by atoms with Crippen molar-refractivity contribution in [3.63, 3.8) is 0 Å². The van der Waals surface area contributed by atoms with E-state index in [0.717, 1.165) is 24.3 Å². The number of carbonyl (C=O) groups is 2. The van der Waals surface area contributed by atoms with Gasteiger partial charge in [-0.25, -0.2) is 16.8 Å². The Hall–Kier alpha value is -1.14. The summed E-state index contributed by atoms with van der Waals surface area (Å²) in [5, 5.41) is 3.55. The van der Waals surface area contributed by atoms with Crippen molar-refractivity contribution in [3.8, 4) is 0 Å². The third-order valence-corrected chi connectivity index (χ3v) is 6.90. The first-order valence-electron chi connectivity index (χ1n) is 8.75. The molecule has 2 aromatic carbocycles. The largest absolute Gasteiger partial charge is 1.00 e. The van der Waals surface area contributed by atoms with E-state index in [1.165, 1.54) is 12.1 Å². The topological polar surface area (TPSA) is 225 Å². The number of ketones is 2. The van der Waals surface area contributed by atoms with Crippen LogP contribution in [-0.2, 0) is 29.8 Å². The van der Waals surface area contributed by atoms with Crippen LogP contribution in [0.25, 0.3) is 0 Å². The van der Waals surface area contributed by atoms with Gasteiger partial charge in [-0.05, 0) is 36.4 Å². The molecule has 0 atom stereocenters. The van der Waals surface area contributed by atoms with Crippen LogP contribution in [0.1, 0.15) is 0 Å². The zero-order chi connectivity index (χ0) is 25.6. The van der Waals surface area contributed by atoms with E-state index in [9.17, 15) is 35.5 Å². The van der Waals surface area contributed by atoms with Gasteiger partial charge < -0.3 is 31.2 Å². The van der Waals surface area contributed by atoms with Gasteiger partial charge in [-0.2, -0.15) is 0 Å². The molecule has 1 aliphatic carbocycles. The van der Waals surface area contributed by atoms with Gasteiger partial charge in [-0.1, -0.05) is 23.2 Å². The zero-order valence-electron chi connectivity index (χ0n) is 18.5. The van der Waals surface area contributed by atoms with Crippen LogP contribution in [-0.4, -0.2) is 37.5 Å². The molecule has 0 saturated carbocycles. The van der Waals surface area contributed by atoms with Crippen LogP contribution < -0.4 is 81.2 Å². The molecule has 0 heterocycles. The van der Waals surface area contributed by atoms with E-state index in [2.05, 4.69) is 10.6 Å². The van der Waals surface area contributed by atoms with Gasteiger partial charge in [0.05, 0.1) is 9.79 Å². The van der Waals surface area contributed by atoms with Gasteiger partial charge in [0.2, 0.25) is 11.6 Å². The van der Waals surface area contributed by atoms with Gasteiger partial charge in [-0.15, -0.1) is 0 Å². The first kappa shape index (κ1) is 32.9. The molecular weight excluding hydrogens is 581 g/mol. The van der Waals surface area contributed by atoms with Crippen LogP contribution in [0.4, 0.5) is 22.7 Å². The second kappa shape index (κ2) is 12.1. The second-order valence-corrected chi connectivity index (χ2v) is 10.2. The molecule has 1 aliphatic rings. The maximum Gasteiger partial charge on any atom is 1.00 e. The summed E-state index contributed by atoms with van der Waals surface area (Å²) in [5.74, 6) is -1.99. The number of anilines is 4. The van der Waals surface area contributed by atoms with Gasteiger partial charge in [0.1, 0.15) is 41.7 Å². The molecule has 0 unspecified atom stereocenters. The number of benzene rings is 2. The minimum Gasteiger partial charge on any atom is -0.744 e. The standard InChI is InChI=1S/C18H14Cl2N4O8S2.2Na/c19-13-15(23-7-1-3-9(21)11(5-7)33(27,28)29)17(25)14(20)16(18(13)26)24-8-2-4-10(22)12(6-8)34(30,31)32;;/h1-6,23-24H,21-22H2,(H,27,28,29)(H,30,31,32);;/q;2*+1/p-2. The van der Waals surface area contributed by atoms with Crippen LogP contribution in [0.5, 0.6) is 0 Å². The summed E-state index contributed by atoms with van der Waals surface area (Å²) >= 11 is 12.1. The number of rotatable bonds is 6. The molecule has 180 valence electrons. The minimum atomic E-state index is -4.94. The number of carbonyl (C=O) groups excluding carboxylic acids is 2. The van der Waals surface area contributed by atoms with Crippen molar-refractivity contribution in [2.24, 2.45) is 0 Å². The maximum atomic E-state index is 12.8. The van der Waals surface area contributed by atoms with E-state index in [1.54, 1.807) is 0 Å². The number of nitrogens with one attached hydrogen (secondary N) is 2. The summed E-state index contributed by atoms with van der Waals surface area (Å²) in [6, 6.07) is 6.31. The number of nitrogens with two attached hydrogens (primary N) is 2. The summed E-state index contributed by atoms with van der Waals surface area (Å²) in [4.78, 5) is 24.0. The van der Waals surface area contributed by atoms with Crippen molar-refractivity contribution < 1.29 is 94.6 Å². The fraction of sp³-hybridized carbons (Fsp3) is 0. The Morgan fingerprint density at radius 2 is 0.972 bits per heavy atom. The monoisotopic (exact) mass is 592 g/mol. The van der Waals surface area contributed by atoms with Crippen LogP contribution in [0.15, 0.2) is 67.6 Å². The summed E-state index contributed by atoms with van der Waals surface area (Å²) in [5.41, 5.74) is 9.02. The van der Waals surface area contributed by atoms with Crippen LogP contribution in [0.2, 0.25) is 0 Å². The predicted molar refractivity (Wildman–Crippen MR) is 121 cm³/mol. The van der Waals surface area contributed by atoms with Crippen molar-refractivity contribution in [3.05, 3.63) is 57.9 Å². The van der Waals surface area contributed by atoms with Crippen molar-refractivity contribution in [1.29, 1.82) is 0 Å². The summed E-state index contributed by atoms with van der Waals surface area (Å²) in [6.07, 6.45) is 0. The normalized spacial score (nSPS) is 14.2. The summed E-state index contributed by atoms with van der Waals surface area (Å²) < 4.78 is 68.0. The molecule has 3 rings (SSSR count). The molecule has 36 heavy (non-hydrogen) atoms. The van der Waals surface area contributed by atoms with E-state index >= 15 is 0 Å². The van der Waals surface area contributed by atoms with E-state index in [-0.39, 0.29) is 81.9 Å². The average Bonchev–Trinajstić information content (AvgIpc) is 2.73. The number of Topliss-reactive ketones (excluding diaryl/α,β-unsaturated/α-hetero) is 2. The Labute approximate surface area is 259 Å². The van der Waals surface area contributed by atoms with Crippen molar-refractivity contribution in [1.82, 2.24) is 0 Å². The van der Waals surface area contributed by atoms with Gasteiger partial charge >= 0.3 is 59.1 Å². The van der Waals surface area contributed by atoms with Crippen LogP contribution in [0, 0.1) is 0 Å². The van der Waals surface area contributed by atoms with E-state index in [1.807, 2.05) is 0 Å². The zero-order valence-corrected chi connectivity index (χ0v) is 25.6. The fourth-order valence-corrected chi connectivity index (χ4v) is 4.53. The Balaban J connectivity index is 0.00000324. The third-order valence-electron chi connectivity index (χ3n) is 4.40. The number of allylic oxidation sites excluding steroid dienone is 2. The maximum absolute atomic E-state index is 12.8.